The molecule has 1 aliphatic heterocycles. The average Bonchev–Trinajstić information content (AvgIpc) is 3.13. The quantitative estimate of drug-likeness (QED) is 0.397. The maximum absolute atomic E-state index is 15.1. The molecule has 0 spiro atoms. The van der Waals surface area contributed by atoms with E-state index in [1.54, 1.807) is 6.08 Å². The van der Waals surface area contributed by atoms with Gasteiger partial charge in [0.05, 0.1) is 0 Å². The summed E-state index contributed by atoms with van der Waals surface area (Å²) in [5.74, 6) is -1.06. The van der Waals surface area contributed by atoms with Gasteiger partial charge >= 0.3 is 0 Å². The standard InChI is InChI=1S/C29H33N2O2P/c32-29(21-20-24-12-4-1-5-13-24)34(33)30(22-25-14-6-2-7-15-25)27-18-10-11-19-28(27)31(34)23-26-16-8-3-9-17-26/h1-9,12-17,20-21,27-29,32H,10-11,18-19,22-23H2/b21-20+/t27-,28-,29?/m1/s1. The molecule has 5 heteroatoms. The second kappa shape index (κ2) is 10.4. The Kier molecular flexibility index (Phi) is 7.12. The lowest BCUT2D eigenvalue weighted by Gasteiger charge is -2.34. The monoisotopic (exact) mass is 472 g/mol. The summed E-state index contributed by atoms with van der Waals surface area (Å²) in [6.45, 7) is 1.17. The minimum absolute atomic E-state index is 0.184. The van der Waals surface area contributed by atoms with Gasteiger partial charge in [-0.2, -0.15) is 0 Å². The maximum Gasteiger partial charge on any atom is 0.249 e. The smallest absolute Gasteiger partial charge is 0.249 e. The molecule has 1 N–H and O–H groups in total. The van der Waals surface area contributed by atoms with Gasteiger partial charge in [-0.05, 0) is 35.6 Å². The maximum atomic E-state index is 15.1. The molecule has 0 amide bonds. The molecule has 2 fully saturated rings. The van der Waals surface area contributed by atoms with E-state index in [4.69, 9.17) is 0 Å². The van der Waals surface area contributed by atoms with E-state index in [1.807, 2.05) is 72.8 Å². The molecule has 3 aromatic carbocycles. The van der Waals surface area contributed by atoms with E-state index in [2.05, 4.69) is 33.6 Å². The second-order valence-corrected chi connectivity index (χ2v) is 12.1. The Morgan fingerprint density at radius 2 is 1.21 bits per heavy atom. The fourth-order valence-electron chi connectivity index (χ4n) is 5.52. The lowest BCUT2D eigenvalue weighted by molar-refractivity contribution is 0.197. The van der Waals surface area contributed by atoms with Gasteiger partial charge in [-0.3, -0.25) is 4.57 Å². The largest absolute Gasteiger partial charge is 0.378 e. The number of fused-ring (bicyclic) bond motifs is 1. The van der Waals surface area contributed by atoms with E-state index < -0.39 is 13.3 Å². The minimum atomic E-state index is -3.32. The van der Waals surface area contributed by atoms with Gasteiger partial charge in [-0.1, -0.05) is 110 Å². The summed E-state index contributed by atoms with van der Waals surface area (Å²) >= 11 is 0. The first-order valence-electron chi connectivity index (χ1n) is 12.3. The molecule has 0 radical (unpaired) electrons. The van der Waals surface area contributed by atoms with Gasteiger partial charge in [0.25, 0.3) is 0 Å². The predicted octanol–water partition coefficient (Wildman–Crippen LogP) is 6.54. The number of nitrogens with zero attached hydrogens (tertiary/aromatic N) is 2. The third kappa shape index (κ3) is 4.69. The van der Waals surface area contributed by atoms with Crippen LogP contribution in [0.4, 0.5) is 0 Å². The first-order valence-corrected chi connectivity index (χ1v) is 14.0. The van der Waals surface area contributed by atoms with E-state index >= 15 is 4.57 Å². The molecule has 0 aromatic heterocycles. The number of rotatable bonds is 7. The number of benzene rings is 3. The number of hydrogen-bond donors (Lipinski definition) is 1. The summed E-state index contributed by atoms with van der Waals surface area (Å²) in [6.07, 6.45) is 7.95. The summed E-state index contributed by atoms with van der Waals surface area (Å²) in [5.41, 5.74) is 3.26. The van der Waals surface area contributed by atoms with Crippen LogP contribution in [0.5, 0.6) is 0 Å². The van der Waals surface area contributed by atoms with Gasteiger partial charge in [0.1, 0.15) is 0 Å². The molecule has 1 aliphatic carbocycles. The molecule has 1 unspecified atom stereocenters. The zero-order valence-electron chi connectivity index (χ0n) is 19.5. The van der Waals surface area contributed by atoms with Crippen molar-refractivity contribution < 1.29 is 9.67 Å². The van der Waals surface area contributed by atoms with Crippen molar-refractivity contribution in [2.45, 2.75) is 56.7 Å². The van der Waals surface area contributed by atoms with Crippen LogP contribution in [0.15, 0.2) is 97.1 Å². The van der Waals surface area contributed by atoms with Crippen molar-refractivity contribution in [3.63, 3.8) is 0 Å². The highest BCUT2D eigenvalue weighted by Crippen LogP contribution is 2.67. The van der Waals surface area contributed by atoms with Crippen molar-refractivity contribution in [3.05, 3.63) is 114 Å². The summed E-state index contributed by atoms with van der Waals surface area (Å²) in [6, 6.07) is 30.8. The normalized spacial score (nSPS) is 23.7. The summed E-state index contributed by atoms with van der Waals surface area (Å²) in [4.78, 5) is 0. The Morgan fingerprint density at radius 1 is 0.765 bits per heavy atom. The SMILES string of the molecule is O=P1(C(O)/C=C/c2ccccc2)N(Cc2ccccc2)[C@@H]2CCCC[C@H]2N1Cc1ccccc1. The third-order valence-electron chi connectivity index (χ3n) is 7.18. The molecule has 1 heterocycles. The third-order valence-corrected chi connectivity index (χ3v) is 10.4. The molecule has 3 aromatic rings. The van der Waals surface area contributed by atoms with Crippen molar-refractivity contribution in [1.29, 1.82) is 0 Å². The Labute approximate surface area is 203 Å². The Balaban J connectivity index is 1.54. The molecule has 34 heavy (non-hydrogen) atoms. The van der Waals surface area contributed by atoms with Crippen molar-refractivity contribution in [1.82, 2.24) is 9.34 Å². The first-order chi connectivity index (χ1) is 16.7. The van der Waals surface area contributed by atoms with E-state index in [9.17, 15) is 5.11 Å². The van der Waals surface area contributed by atoms with E-state index in [0.717, 1.165) is 42.4 Å². The van der Waals surface area contributed by atoms with Crippen molar-refractivity contribution in [2.24, 2.45) is 0 Å². The van der Waals surface area contributed by atoms with Crippen LogP contribution in [0.1, 0.15) is 42.4 Å². The Bertz CT molecular complexity index is 1080. The van der Waals surface area contributed by atoms with Gasteiger partial charge in [0.2, 0.25) is 7.44 Å². The first kappa shape index (κ1) is 23.3. The average molecular weight is 473 g/mol. The molecule has 3 atom stereocenters. The topological polar surface area (TPSA) is 43.8 Å². The highest BCUT2D eigenvalue weighted by atomic mass is 31.2. The lowest BCUT2D eigenvalue weighted by atomic mass is 9.90. The van der Waals surface area contributed by atoms with Crippen molar-refractivity contribution in [3.8, 4) is 0 Å². The summed E-state index contributed by atoms with van der Waals surface area (Å²) < 4.78 is 19.4. The van der Waals surface area contributed by atoms with Crippen LogP contribution in [-0.4, -0.2) is 32.4 Å². The molecule has 1 saturated carbocycles. The van der Waals surface area contributed by atoms with Gasteiger partial charge in [0.15, 0.2) is 5.85 Å². The lowest BCUT2D eigenvalue weighted by Crippen LogP contribution is -2.39. The molecule has 1 saturated heterocycles. The molecule has 5 rings (SSSR count). The van der Waals surface area contributed by atoms with Crippen LogP contribution in [-0.2, 0) is 17.7 Å². The minimum Gasteiger partial charge on any atom is -0.378 e. The van der Waals surface area contributed by atoms with Gasteiger partial charge in [0, 0.05) is 25.2 Å². The number of aliphatic hydroxyl groups excluding tert-OH is 1. The van der Waals surface area contributed by atoms with Crippen LogP contribution in [0, 0.1) is 0 Å². The molecule has 0 bridgehead atoms. The molecule has 176 valence electrons. The second-order valence-electron chi connectivity index (χ2n) is 9.36. The van der Waals surface area contributed by atoms with Crippen molar-refractivity contribution in [2.75, 3.05) is 0 Å². The molecule has 2 aliphatic rings. The van der Waals surface area contributed by atoms with E-state index in [0.29, 0.717) is 13.1 Å². The van der Waals surface area contributed by atoms with Crippen LogP contribution < -0.4 is 0 Å². The summed E-state index contributed by atoms with van der Waals surface area (Å²) in [7, 11) is -3.32. The van der Waals surface area contributed by atoms with Crippen molar-refractivity contribution >= 4 is 13.5 Å². The zero-order chi connectivity index (χ0) is 23.4. The molecular formula is C29H33N2O2P. The number of aliphatic hydroxyl groups is 1. The highest BCUT2D eigenvalue weighted by molar-refractivity contribution is 7.60. The Hall–Kier alpha value is -2.49. The highest BCUT2D eigenvalue weighted by Gasteiger charge is 2.57. The van der Waals surface area contributed by atoms with Crippen LogP contribution >= 0.6 is 7.44 Å². The molecular weight excluding hydrogens is 439 g/mol. The van der Waals surface area contributed by atoms with Gasteiger partial charge in [-0.15, -0.1) is 0 Å². The summed E-state index contributed by atoms with van der Waals surface area (Å²) in [5, 5.41) is 11.6. The molecule has 4 nitrogen and oxygen atoms in total. The fraction of sp³-hybridized carbons (Fsp3) is 0.310. The van der Waals surface area contributed by atoms with Crippen LogP contribution in [0.25, 0.3) is 6.08 Å². The van der Waals surface area contributed by atoms with E-state index in [1.165, 1.54) is 0 Å². The predicted molar refractivity (Wildman–Crippen MR) is 139 cm³/mol. The van der Waals surface area contributed by atoms with Gasteiger partial charge < -0.3 is 5.11 Å². The van der Waals surface area contributed by atoms with E-state index in [-0.39, 0.29) is 12.1 Å². The Morgan fingerprint density at radius 3 is 1.68 bits per heavy atom. The van der Waals surface area contributed by atoms with Crippen LogP contribution in [0.2, 0.25) is 0 Å². The zero-order valence-corrected chi connectivity index (χ0v) is 20.4. The number of hydrogen-bond acceptors (Lipinski definition) is 2. The van der Waals surface area contributed by atoms with Gasteiger partial charge in [-0.25, -0.2) is 9.34 Å². The fourth-order valence-corrected chi connectivity index (χ4v) is 8.85. The van der Waals surface area contributed by atoms with Crippen LogP contribution in [0.3, 0.4) is 0 Å².